The number of methoxy groups -OCH3 is 2. The van der Waals surface area contributed by atoms with Gasteiger partial charge in [0.1, 0.15) is 19.4 Å². The summed E-state index contributed by atoms with van der Waals surface area (Å²) in [6.07, 6.45) is 20.0. The van der Waals surface area contributed by atoms with Crippen LogP contribution < -0.4 is 0 Å². The molecule has 0 aliphatic heterocycles. The monoisotopic (exact) mass is 867 g/mol. The molecule has 0 saturated heterocycles. The smallest absolute Gasteiger partial charge is 0.303 e. The Kier molecular flexibility index (Phi) is 14.6. The third-order valence-electron chi connectivity index (χ3n) is 20.4. The Hall–Kier alpha value is -2.14. The molecule has 0 spiro atoms. The molecule has 8 aliphatic rings. The maximum absolute atomic E-state index is 12.3. The fourth-order valence-corrected chi connectivity index (χ4v) is 17.2. The molecule has 0 bridgehead atoms. The molecule has 8 aliphatic carbocycles. The number of hydrogen-bond donors (Lipinski definition) is 2. The first-order valence-electron chi connectivity index (χ1n) is 24.8. The van der Waals surface area contributed by atoms with Gasteiger partial charge in [0.15, 0.2) is 5.78 Å². The summed E-state index contributed by atoms with van der Waals surface area (Å²) in [4.78, 5) is 46.8. The van der Waals surface area contributed by atoms with Gasteiger partial charge in [-0.15, -0.1) is 0 Å². The van der Waals surface area contributed by atoms with Crippen LogP contribution >= 0.6 is 0 Å². The van der Waals surface area contributed by atoms with Gasteiger partial charge in [-0.3, -0.25) is 19.2 Å². The zero-order valence-electron chi connectivity index (χ0n) is 39.6. The van der Waals surface area contributed by atoms with Crippen LogP contribution in [-0.2, 0) is 38.1 Å². The highest BCUT2D eigenvalue weighted by atomic mass is 16.7. The molecule has 7 saturated carbocycles. The van der Waals surface area contributed by atoms with E-state index < -0.39 is 11.9 Å². The summed E-state index contributed by atoms with van der Waals surface area (Å²) in [5.41, 5.74) is 2.18. The van der Waals surface area contributed by atoms with Crippen LogP contribution in [-0.4, -0.2) is 73.7 Å². The van der Waals surface area contributed by atoms with Crippen molar-refractivity contribution in [2.24, 2.45) is 86.8 Å². The van der Waals surface area contributed by atoms with Crippen LogP contribution in [0.25, 0.3) is 0 Å². The average Bonchev–Trinajstić information content (AvgIpc) is 3.78. The minimum atomic E-state index is -0.686. The van der Waals surface area contributed by atoms with Gasteiger partial charge < -0.3 is 29.2 Å². The topological polar surface area (TPSA) is 146 Å². The number of hydrogen-bond acceptors (Lipinski definition) is 8. The molecule has 62 heavy (non-hydrogen) atoms. The van der Waals surface area contributed by atoms with Crippen molar-refractivity contribution >= 4 is 23.5 Å². The van der Waals surface area contributed by atoms with Gasteiger partial charge in [-0.05, 0) is 183 Å². The summed E-state index contributed by atoms with van der Waals surface area (Å²) < 4.78 is 23.3. The summed E-state index contributed by atoms with van der Waals surface area (Å²) in [6.45, 7) is 15.0. The second-order valence-electron chi connectivity index (χ2n) is 23.0. The Morgan fingerprint density at radius 3 is 1.73 bits per heavy atom. The standard InChI is InChI=1S/C26H42O5.C26H40O5/c2*1-16(5-8-23(28)29)19-6-7-20-24-21(10-12-26(19,20)3)25(2)11-9-18(27)13-17(25)14-22(24)31-15-30-4/h16-17,19-22,24H,5-15H2,1-4H3,(H,28,29);13,16,19-22,24H,5-12,14-15H2,1-4H3,(H,28,29)/t16-,17-,19-,20+,21+,22-,24+,25+,26-;16-,19-,20+,21+,22-,24+,25+,26-/m11/s1. The maximum atomic E-state index is 12.3. The largest absolute Gasteiger partial charge is 0.481 e. The third-order valence-corrected chi connectivity index (χ3v) is 20.4. The van der Waals surface area contributed by atoms with E-state index in [1.54, 1.807) is 14.2 Å². The van der Waals surface area contributed by atoms with E-state index >= 15 is 0 Å². The molecule has 7 fully saturated rings. The predicted molar refractivity (Wildman–Crippen MR) is 237 cm³/mol. The average molecular weight is 867 g/mol. The molecule has 0 amide bonds. The number of carbonyl (C=O) groups excluding carboxylic acids is 2. The summed E-state index contributed by atoms with van der Waals surface area (Å²) >= 11 is 0. The summed E-state index contributed by atoms with van der Waals surface area (Å²) in [6, 6.07) is 0. The SMILES string of the molecule is COCO[C@@H]1CC2=CC(=O)CC[C@]2(C)[C@H]2CC[C@]3(C)[C@@H]([C@H](C)CCC(=O)O)CC[C@H]3[C@H]12.COCO[C@@H]1C[C@H]2CC(=O)CC[C@]2(C)[C@H]2CC[C@]3(C)[C@@H]([C@H](C)CCC(=O)O)CC[C@H]3[C@H]12. The van der Waals surface area contributed by atoms with E-state index in [-0.39, 0.29) is 52.5 Å². The first-order chi connectivity index (χ1) is 29.4. The van der Waals surface area contributed by atoms with Crippen molar-refractivity contribution in [3.8, 4) is 0 Å². The van der Waals surface area contributed by atoms with Gasteiger partial charge in [0.25, 0.3) is 0 Å². The predicted octanol–water partition coefficient (Wildman–Crippen LogP) is 10.5. The first kappa shape index (κ1) is 47.8. The Bertz CT molecular complexity index is 1680. The summed E-state index contributed by atoms with van der Waals surface area (Å²) in [5.74, 6) is 5.24. The minimum Gasteiger partial charge on any atom is -0.481 e. The van der Waals surface area contributed by atoms with Crippen LogP contribution in [0.3, 0.4) is 0 Å². The van der Waals surface area contributed by atoms with Crippen LogP contribution in [0, 0.1) is 86.8 Å². The van der Waals surface area contributed by atoms with Gasteiger partial charge in [-0.2, -0.15) is 0 Å². The number of ketones is 2. The maximum Gasteiger partial charge on any atom is 0.303 e. The molecule has 0 aromatic heterocycles. The minimum absolute atomic E-state index is 0.105. The second-order valence-corrected chi connectivity index (χ2v) is 23.0. The van der Waals surface area contributed by atoms with E-state index in [1.165, 1.54) is 56.9 Å². The van der Waals surface area contributed by atoms with Crippen molar-refractivity contribution in [3.05, 3.63) is 11.6 Å². The highest BCUT2D eigenvalue weighted by Gasteiger charge is 2.64. The molecule has 10 nitrogen and oxygen atoms in total. The molecule has 0 radical (unpaired) electrons. The van der Waals surface area contributed by atoms with Crippen LogP contribution in [0.4, 0.5) is 0 Å². The van der Waals surface area contributed by atoms with Crippen molar-refractivity contribution in [2.45, 2.75) is 176 Å². The van der Waals surface area contributed by atoms with E-state index in [0.717, 1.165) is 51.4 Å². The van der Waals surface area contributed by atoms with Crippen molar-refractivity contribution < 1.29 is 48.3 Å². The highest BCUT2D eigenvalue weighted by Crippen LogP contribution is 2.70. The first-order valence-corrected chi connectivity index (χ1v) is 24.8. The highest BCUT2D eigenvalue weighted by molar-refractivity contribution is 5.91. The van der Waals surface area contributed by atoms with Crippen molar-refractivity contribution in [1.29, 1.82) is 0 Å². The quantitative estimate of drug-likeness (QED) is 0.162. The number of rotatable bonds is 14. The van der Waals surface area contributed by atoms with Crippen molar-refractivity contribution in [2.75, 3.05) is 27.8 Å². The molecular formula is C52H82O10. The van der Waals surface area contributed by atoms with Crippen molar-refractivity contribution in [3.63, 3.8) is 0 Å². The summed E-state index contributed by atoms with van der Waals surface area (Å²) in [5, 5.41) is 18.4. The molecule has 10 heteroatoms. The lowest BCUT2D eigenvalue weighted by molar-refractivity contribution is -0.201. The van der Waals surface area contributed by atoms with Crippen molar-refractivity contribution in [1.82, 2.24) is 0 Å². The Balaban J connectivity index is 0.000000186. The zero-order chi connectivity index (χ0) is 44.8. The van der Waals surface area contributed by atoms with Gasteiger partial charge in [-0.1, -0.05) is 47.1 Å². The number of carbonyl (C=O) groups is 4. The number of carboxylic acid groups (broad SMARTS) is 2. The number of aliphatic carboxylic acids is 2. The number of carboxylic acids is 2. The molecule has 0 unspecified atom stereocenters. The molecule has 0 aromatic rings. The Labute approximate surface area is 372 Å². The number of ether oxygens (including phenoxy) is 4. The van der Waals surface area contributed by atoms with Crippen LogP contribution in [0.2, 0.25) is 0 Å². The molecule has 17 atom stereocenters. The van der Waals surface area contributed by atoms with Gasteiger partial charge >= 0.3 is 11.9 Å². The normalized spacial score (nSPS) is 44.2. The van der Waals surface area contributed by atoms with E-state index in [9.17, 15) is 29.4 Å². The van der Waals surface area contributed by atoms with E-state index in [4.69, 9.17) is 18.9 Å². The van der Waals surface area contributed by atoms with Gasteiger partial charge in [-0.25, -0.2) is 0 Å². The number of Topliss-reactive ketones (excluding diaryl/α,β-unsaturated/α-hetero) is 1. The molecule has 8 rings (SSSR count). The Morgan fingerprint density at radius 2 is 1.18 bits per heavy atom. The van der Waals surface area contributed by atoms with Crippen LogP contribution in [0.15, 0.2) is 11.6 Å². The summed E-state index contributed by atoms with van der Waals surface area (Å²) in [7, 11) is 3.36. The molecule has 0 aromatic carbocycles. The van der Waals surface area contributed by atoms with Gasteiger partial charge in [0.2, 0.25) is 0 Å². The Morgan fingerprint density at radius 1 is 0.661 bits per heavy atom. The molecular weight excluding hydrogens is 785 g/mol. The fourth-order valence-electron chi connectivity index (χ4n) is 17.2. The van der Waals surface area contributed by atoms with Gasteiger partial charge in [0.05, 0.1) is 12.2 Å². The number of fused-ring (bicyclic) bond motifs is 10. The lowest BCUT2D eigenvalue weighted by Gasteiger charge is -2.62. The second kappa shape index (κ2) is 19.0. The molecule has 0 heterocycles. The molecule has 350 valence electrons. The molecule has 2 N–H and O–H groups in total. The lowest BCUT2D eigenvalue weighted by atomic mass is 9.43. The zero-order valence-corrected chi connectivity index (χ0v) is 39.6. The van der Waals surface area contributed by atoms with Crippen LogP contribution in [0.5, 0.6) is 0 Å². The van der Waals surface area contributed by atoms with Gasteiger partial charge in [0, 0.05) is 46.3 Å². The van der Waals surface area contributed by atoms with E-state index in [2.05, 4.69) is 41.5 Å². The lowest BCUT2D eigenvalue weighted by Crippen LogP contribution is -2.59. The van der Waals surface area contributed by atoms with E-state index in [1.807, 2.05) is 6.08 Å². The third kappa shape index (κ3) is 8.79. The van der Waals surface area contributed by atoms with Crippen LogP contribution in [0.1, 0.15) is 164 Å². The fraction of sp³-hybridized carbons (Fsp3) is 0.885. The van der Waals surface area contributed by atoms with E-state index in [0.29, 0.717) is 90.9 Å².